The first kappa shape index (κ1) is 15.2. The Kier molecular flexibility index (Phi) is 4.29. The molecule has 1 amide bonds. The molecule has 2 saturated heterocycles. The van der Waals surface area contributed by atoms with Gasteiger partial charge in [-0.15, -0.1) is 0 Å². The van der Waals surface area contributed by atoms with E-state index in [0.29, 0.717) is 11.9 Å². The number of aromatic nitrogens is 2. The van der Waals surface area contributed by atoms with E-state index in [9.17, 15) is 4.79 Å². The van der Waals surface area contributed by atoms with Crippen molar-refractivity contribution in [3.63, 3.8) is 0 Å². The molecule has 2 fully saturated rings. The third-order valence-electron chi connectivity index (χ3n) is 5.04. The van der Waals surface area contributed by atoms with Crippen LogP contribution in [-0.2, 0) is 4.79 Å². The first-order valence-corrected chi connectivity index (χ1v) is 8.07. The summed E-state index contributed by atoms with van der Waals surface area (Å²) < 4.78 is 0. The van der Waals surface area contributed by atoms with Crippen molar-refractivity contribution in [3.8, 4) is 0 Å². The van der Waals surface area contributed by atoms with E-state index in [1.54, 1.807) is 6.33 Å². The molecule has 0 spiro atoms. The van der Waals surface area contributed by atoms with Crippen molar-refractivity contribution < 1.29 is 4.79 Å². The minimum Gasteiger partial charge on any atom is -0.356 e. The Labute approximate surface area is 132 Å². The van der Waals surface area contributed by atoms with Gasteiger partial charge in [-0.3, -0.25) is 9.69 Å². The monoisotopic (exact) mass is 303 g/mol. The molecule has 2 aliphatic rings. The van der Waals surface area contributed by atoms with Gasteiger partial charge in [0.25, 0.3) is 0 Å². The van der Waals surface area contributed by atoms with Crippen molar-refractivity contribution in [3.05, 3.63) is 18.1 Å². The molecule has 1 aromatic heterocycles. The van der Waals surface area contributed by atoms with Gasteiger partial charge in [0.2, 0.25) is 5.91 Å². The van der Waals surface area contributed by atoms with Gasteiger partial charge in [-0.2, -0.15) is 0 Å². The highest BCUT2D eigenvalue weighted by atomic mass is 16.2. The lowest BCUT2D eigenvalue weighted by atomic mass is 10.0. The molecule has 1 unspecified atom stereocenters. The number of carbonyl (C=O) groups is 1. The third-order valence-corrected chi connectivity index (χ3v) is 5.04. The molecule has 1 atom stereocenters. The van der Waals surface area contributed by atoms with Crippen LogP contribution >= 0.6 is 0 Å². The van der Waals surface area contributed by atoms with Gasteiger partial charge in [-0.1, -0.05) is 0 Å². The minimum atomic E-state index is 0.109. The van der Waals surface area contributed by atoms with Gasteiger partial charge in [0, 0.05) is 51.5 Å². The highest BCUT2D eigenvalue weighted by Crippen LogP contribution is 2.24. The van der Waals surface area contributed by atoms with E-state index in [1.165, 1.54) is 0 Å². The van der Waals surface area contributed by atoms with Crippen LogP contribution in [0.25, 0.3) is 0 Å². The van der Waals surface area contributed by atoms with Crippen molar-refractivity contribution in [2.75, 3.05) is 38.6 Å². The zero-order valence-corrected chi connectivity index (χ0v) is 13.7. The number of rotatable bonds is 3. The Morgan fingerprint density at radius 3 is 2.50 bits per heavy atom. The van der Waals surface area contributed by atoms with Gasteiger partial charge in [-0.25, -0.2) is 9.97 Å². The van der Waals surface area contributed by atoms with E-state index in [-0.39, 0.29) is 6.04 Å². The predicted molar refractivity (Wildman–Crippen MR) is 85.8 cm³/mol. The molecular formula is C16H25N5O. The van der Waals surface area contributed by atoms with Crippen molar-refractivity contribution in [1.29, 1.82) is 0 Å². The van der Waals surface area contributed by atoms with Gasteiger partial charge in [0.15, 0.2) is 0 Å². The van der Waals surface area contributed by atoms with Gasteiger partial charge >= 0.3 is 0 Å². The van der Waals surface area contributed by atoms with Gasteiger partial charge < -0.3 is 9.80 Å². The average molecular weight is 303 g/mol. The second kappa shape index (κ2) is 6.20. The number of likely N-dealkylation sites (N-methyl/N-ethyl adjacent to an activating group) is 1. The summed E-state index contributed by atoms with van der Waals surface area (Å²) in [4.78, 5) is 27.1. The van der Waals surface area contributed by atoms with Crippen LogP contribution in [0.2, 0.25) is 0 Å². The molecule has 2 aliphatic heterocycles. The second-order valence-electron chi connectivity index (χ2n) is 6.46. The smallest absolute Gasteiger partial charge is 0.239 e. The maximum Gasteiger partial charge on any atom is 0.239 e. The fourth-order valence-electron chi connectivity index (χ4n) is 3.55. The van der Waals surface area contributed by atoms with E-state index in [1.807, 2.05) is 24.9 Å². The fraction of sp³-hybridized carbons (Fsp3) is 0.688. The summed E-state index contributed by atoms with van der Waals surface area (Å²) in [6.07, 6.45) is 4.75. The molecule has 0 aliphatic carbocycles. The Morgan fingerprint density at radius 2 is 1.91 bits per heavy atom. The zero-order chi connectivity index (χ0) is 15.7. The van der Waals surface area contributed by atoms with E-state index >= 15 is 0 Å². The summed E-state index contributed by atoms with van der Waals surface area (Å²) in [7, 11) is 4.01. The van der Waals surface area contributed by atoms with Crippen molar-refractivity contribution in [2.45, 2.75) is 38.3 Å². The van der Waals surface area contributed by atoms with Crippen LogP contribution < -0.4 is 4.90 Å². The minimum absolute atomic E-state index is 0.109. The largest absolute Gasteiger partial charge is 0.356 e. The fourth-order valence-corrected chi connectivity index (χ4v) is 3.55. The molecule has 0 bridgehead atoms. The molecule has 3 heterocycles. The Hall–Kier alpha value is -1.69. The second-order valence-corrected chi connectivity index (χ2v) is 6.46. The molecule has 1 aromatic rings. The number of hydrogen-bond donors (Lipinski definition) is 0. The van der Waals surface area contributed by atoms with Crippen LogP contribution in [0.4, 0.5) is 5.82 Å². The first-order valence-electron chi connectivity index (χ1n) is 8.07. The molecule has 6 nitrogen and oxygen atoms in total. The number of likely N-dealkylation sites (tertiary alicyclic amines) is 2. The van der Waals surface area contributed by atoms with Crippen molar-refractivity contribution in [2.24, 2.45) is 0 Å². The molecule has 3 rings (SSSR count). The Morgan fingerprint density at radius 1 is 1.18 bits per heavy atom. The van der Waals surface area contributed by atoms with Crippen LogP contribution in [0.5, 0.6) is 0 Å². The third kappa shape index (κ3) is 2.92. The number of aryl methyl sites for hydroxylation is 1. The highest BCUT2D eigenvalue weighted by molar-refractivity contribution is 5.83. The maximum absolute atomic E-state index is 12.1. The summed E-state index contributed by atoms with van der Waals surface area (Å²) in [5, 5.41) is 0. The van der Waals surface area contributed by atoms with Crippen LogP contribution in [0.3, 0.4) is 0 Å². The van der Waals surface area contributed by atoms with E-state index in [0.717, 1.165) is 50.4 Å². The zero-order valence-electron chi connectivity index (χ0n) is 13.7. The van der Waals surface area contributed by atoms with Crippen LogP contribution in [0.15, 0.2) is 12.4 Å². The van der Waals surface area contributed by atoms with E-state index < -0.39 is 0 Å². The highest BCUT2D eigenvalue weighted by Gasteiger charge is 2.36. The van der Waals surface area contributed by atoms with E-state index in [2.05, 4.69) is 26.8 Å². The first-order chi connectivity index (χ1) is 10.6. The number of anilines is 1. The summed E-state index contributed by atoms with van der Waals surface area (Å²) in [6.45, 7) is 4.86. The Bertz CT molecular complexity index is 541. The van der Waals surface area contributed by atoms with Crippen LogP contribution in [-0.4, -0.2) is 71.5 Å². The standard InChI is InChI=1S/C16H25N5O/c1-12-10-15(18-11-17-12)20(3)13-4-8-21(9-5-13)14-6-7-19(2)16(14)22/h10-11,13-14H,4-9H2,1-3H3. The van der Waals surface area contributed by atoms with Gasteiger partial charge in [0.1, 0.15) is 12.1 Å². The SMILES string of the molecule is Cc1cc(N(C)C2CCN(C3CCN(C)C3=O)CC2)ncn1. The van der Waals surface area contributed by atoms with Crippen molar-refractivity contribution >= 4 is 11.7 Å². The normalized spacial score (nSPS) is 24.0. The summed E-state index contributed by atoms with van der Waals surface area (Å²) in [5.74, 6) is 1.28. The number of piperidine rings is 1. The van der Waals surface area contributed by atoms with Gasteiger partial charge in [0.05, 0.1) is 6.04 Å². The topological polar surface area (TPSA) is 52.6 Å². The lowest BCUT2D eigenvalue weighted by molar-refractivity contribution is -0.131. The molecular weight excluding hydrogens is 278 g/mol. The number of carbonyl (C=O) groups excluding carboxylic acids is 1. The molecule has 0 saturated carbocycles. The molecule has 0 radical (unpaired) electrons. The lowest BCUT2D eigenvalue weighted by Gasteiger charge is -2.39. The molecule has 0 aromatic carbocycles. The summed E-state index contributed by atoms with van der Waals surface area (Å²) in [6, 6.07) is 2.62. The predicted octanol–water partition coefficient (Wildman–Crippen LogP) is 0.916. The molecule has 120 valence electrons. The van der Waals surface area contributed by atoms with Gasteiger partial charge in [-0.05, 0) is 26.2 Å². The molecule has 22 heavy (non-hydrogen) atoms. The van der Waals surface area contributed by atoms with Crippen LogP contribution in [0.1, 0.15) is 25.0 Å². The lowest BCUT2D eigenvalue weighted by Crippen LogP contribution is -2.49. The molecule has 6 heteroatoms. The van der Waals surface area contributed by atoms with Crippen LogP contribution in [0, 0.1) is 6.92 Å². The van der Waals surface area contributed by atoms with E-state index in [4.69, 9.17) is 0 Å². The number of hydrogen-bond acceptors (Lipinski definition) is 5. The maximum atomic E-state index is 12.1. The number of nitrogens with zero attached hydrogens (tertiary/aromatic N) is 5. The number of amides is 1. The Balaban J connectivity index is 1.59. The molecule has 0 N–H and O–H groups in total. The summed E-state index contributed by atoms with van der Waals surface area (Å²) >= 11 is 0. The summed E-state index contributed by atoms with van der Waals surface area (Å²) in [5.41, 5.74) is 0.994. The quantitative estimate of drug-likeness (QED) is 0.831. The average Bonchev–Trinajstić information content (AvgIpc) is 2.86. The van der Waals surface area contributed by atoms with Crippen molar-refractivity contribution in [1.82, 2.24) is 19.8 Å².